The molecule has 2 amide bonds. The zero-order valence-corrected chi connectivity index (χ0v) is 20.6. The van der Waals surface area contributed by atoms with Crippen molar-refractivity contribution < 1.29 is 23.5 Å². The number of esters is 1. The Morgan fingerprint density at radius 3 is 2.23 bits per heavy atom. The summed E-state index contributed by atoms with van der Waals surface area (Å²) in [5.74, 6) is -1.96. The van der Waals surface area contributed by atoms with E-state index in [9.17, 15) is 14.4 Å². The smallest absolute Gasteiger partial charge is 0.330 e. The molecule has 3 rings (SSSR count). The van der Waals surface area contributed by atoms with Crippen molar-refractivity contribution in [1.82, 2.24) is 10.6 Å². The largest absolute Gasteiger partial charge is 0.466 e. The molecular weight excluding hydrogens is 451 g/mol. The maximum atomic E-state index is 15.0. The predicted octanol–water partition coefficient (Wildman–Crippen LogP) is 3.89. The van der Waals surface area contributed by atoms with Gasteiger partial charge in [-0.1, -0.05) is 38.2 Å². The molecule has 192 valence electrons. The number of anilines is 2. The first-order chi connectivity index (χ1) is 16.9. The van der Waals surface area contributed by atoms with Crippen LogP contribution in [0.4, 0.5) is 15.8 Å². The van der Waals surface area contributed by atoms with Crippen LogP contribution in [-0.2, 0) is 14.3 Å². The van der Waals surface area contributed by atoms with Gasteiger partial charge in [0.1, 0.15) is 5.82 Å². The SMILES string of the molecule is COC(=O)/C=C/[C@H](C)NC(=O)CNC(=O)c1cc(F)c(NC2CCCCC2)cc1NC1CCCC1. The molecule has 0 radical (unpaired) electrons. The molecule has 0 aromatic heterocycles. The van der Waals surface area contributed by atoms with Gasteiger partial charge in [-0.25, -0.2) is 9.18 Å². The molecule has 8 nitrogen and oxygen atoms in total. The van der Waals surface area contributed by atoms with Gasteiger partial charge in [0.2, 0.25) is 5.91 Å². The van der Waals surface area contributed by atoms with Gasteiger partial charge in [0.15, 0.2) is 0 Å². The van der Waals surface area contributed by atoms with Crippen LogP contribution in [0.5, 0.6) is 0 Å². The summed E-state index contributed by atoms with van der Waals surface area (Å²) in [4.78, 5) is 36.4. The molecule has 0 heterocycles. The fourth-order valence-electron chi connectivity index (χ4n) is 4.65. The van der Waals surface area contributed by atoms with E-state index in [2.05, 4.69) is 26.0 Å². The Balaban J connectivity index is 1.66. The molecular formula is C26H37FN4O4. The molecule has 2 saturated carbocycles. The standard InChI is InChI=1S/C26H37FN4O4/c1-17(12-13-25(33)35-2)29-24(32)16-28-26(34)20-14-21(27)23(31-19-8-4-3-5-9-19)15-22(20)30-18-10-6-7-11-18/h12-15,17-19,30-31H,3-11,16H2,1-2H3,(H,28,34)(H,29,32)/b13-12+/t17-/m0/s1. The van der Waals surface area contributed by atoms with E-state index >= 15 is 4.39 Å². The summed E-state index contributed by atoms with van der Waals surface area (Å²) in [7, 11) is 1.27. The number of methoxy groups -OCH3 is 1. The molecule has 0 bridgehead atoms. The van der Waals surface area contributed by atoms with Gasteiger partial charge in [0.25, 0.3) is 5.91 Å². The molecule has 0 saturated heterocycles. The zero-order chi connectivity index (χ0) is 25.2. The molecule has 1 atom stereocenters. The van der Waals surface area contributed by atoms with Crippen molar-refractivity contribution in [3.63, 3.8) is 0 Å². The van der Waals surface area contributed by atoms with E-state index in [1.54, 1.807) is 13.0 Å². The first-order valence-electron chi connectivity index (χ1n) is 12.6. The number of hydrogen-bond donors (Lipinski definition) is 4. The number of halogens is 1. The highest BCUT2D eigenvalue weighted by Gasteiger charge is 2.22. The summed E-state index contributed by atoms with van der Waals surface area (Å²) in [6, 6.07) is 2.98. The van der Waals surface area contributed by atoms with E-state index in [4.69, 9.17) is 0 Å². The number of nitrogens with one attached hydrogen (secondary N) is 4. The van der Waals surface area contributed by atoms with E-state index in [-0.39, 0.29) is 24.2 Å². The number of rotatable bonds is 10. The van der Waals surface area contributed by atoms with Crippen molar-refractivity contribution >= 4 is 29.2 Å². The third-order valence-electron chi connectivity index (χ3n) is 6.55. The lowest BCUT2D eigenvalue weighted by Gasteiger charge is -2.25. The van der Waals surface area contributed by atoms with Gasteiger partial charge in [-0.15, -0.1) is 0 Å². The van der Waals surface area contributed by atoms with Gasteiger partial charge in [-0.05, 0) is 44.7 Å². The predicted molar refractivity (Wildman–Crippen MR) is 134 cm³/mol. The van der Waals surface area contributed by atoms with E-state index in [1.807, 2.05) is 0 Å². The molecule has 1 aromatic rings. The highest BCUT2D eigenvalue weighted by atomic mass is 19.1. The summed E-state index contributed by atoms with van der Waals surface area (Å²) in [6.45, 7) is 1.41. The third kappa shape index (κ3) is 8.26. The monoisotopic (exact) mass is 488 g/mol. The number of benzene rings is 1. The lowest BCUT2D eigenvalue weighted by molar-refractivity contribution is -0.134. The normalized spacial score (nSPS) is 17.7. The summed E-state index contributed by atoms with van der Waals surface area (Å²) < 4.78 is 19.5. The molecule has 9 heteroatoms. The van der Waals surface area contributed by atoms with E-state index < -0.39 is 29.6 Å². The Labute approximate surface area is 206 Å². The average molecular weight is 489 g/mol. The van der Waals surface area contributed by atoms with Crippen molar-refractivity contribution in [2.75, 3.05) is 24.3 Å². The maximum Gasteiger partial charge on any atom is 0.330 e. The molecule has 0 aliphatic heterocycles. The van der Waals surface area contributed by atoms with Crippen molar-refractivity contribution in [3.05, 3.63) is 35.7 Å². The van der Waals surface area contributed by atoms with E-state index in [0.717, 1.165) is 51.4 Å². The van der Waals surface area contributed by atoms with Crippen molar-refractivity contribution in [1.29, 1.82) is 0 Å². The highest BCUT2D eigenvalue weighted by molar-refractivity contribution is 6.02. The second kappa shape index (κ2) is 13.1. The fourth-order valence-corrected chi connectivity index (χ4v) is 4.65. The average Bonchev–Trinajstić information content (AvgIpc) is 3.36. The number of carbonyl (C=O) groups excluding carboxylic acids is 3. The van der Waals surface area contributed by atoms with Crippen LogP contribution in [0, 0.1) is 5.82 Å². The first kappa shape index (κ1) is 26.5. The number of carbonyl (C=O) groups is 3. The molecule has 1 aromatic carbocycles. The van der Waals surface area contributed by atoms with Gasteiger partial charge in [-0.3, -0.25) is 9.59 Å². The topological polar surface area (TPSA) is 109 Å². The fraction of sp³-hybridized carbons (Fsp3) is 0.577. The quantitative estimate of drug-likeness (QED) is 0.294. The highest BCUT2D eigenvalue weighted by Crippen LogP contribution is 2.31. The van der Waals surface area contributed by atoms with Crippen LogP contribution >= 0.6 is 0 Å². The zero-order valence-electron chi connectivity index (χ0n) is 20.6. The minimum absolute atomic E-state index is 0.176. The lowest BCUT2D eigenvalue weighted by Crippen LogP contribution is -2.40. The van der Waals surface area contributed by atoms with Crippen molar-refractivity contribution in [3.8, 4) is 0 Å². The molecule has 0 unspecified atom stereocenters. The Hall–Kier alpha value is -3.10. The van der Waals surface area contributed by atoms with E-state index in [1.165, 1.54) is 31.7 Å². The van der Waals surface area contributed by atoms with Crippen LogP contribution in [-0.4, -0.2) is 49.6 Å². The molecule has 2 aliphatic carbocycles. The summed E-state index contributed by atoms with van der Waals surface area (Å²) in [6.07, 6.45) is 12.4. The third-order valence-corrected chi connectivity index (χ3v) is 6.55. The van der Waals surface area contributed by atoms with Crippen LogP contribution in [0.2, 0.25) is 0 Å². The molecule has 2 aliphatic rings. The Morgan fingerprint density at radius 1 is 1.00 bits per heavy atom. The van der Waals surface area contributed by atoms with Gasteiger partial charge in [0, 0.05) is 29.9 Å². The Bertz CT molecular complexity index is 924. The van der Waals surface area contributed by atoms with Crippen LogP contribution in [0.15, 0.2) is 24.3 Å². The minimum Gasteiger partial charge on any atom is -0.466 e. The Morgan fingerprint density at radius 2 is 1.60 bits per heavy atom. The van der Waals surface area contributed by atoms with Crippen LogP contribution in [0.1, 0.15) is 75.1 Å². The van der Waals surface area contributed by atoms with Gasteiger partial charge >= 0.3 is 5.97 Å². The number of hydrogen-bond acceptors (Lipinski definition) is 6. The summed E-state index contributed by atoms with van der Waals surface area (Å²) >= 11 is 0. The van der Waals surface area contributed by atoms with Crippen molar-refractivity contribution in [2.45, 2.75) is 82.8 Å². The molecule has 0 spiro atoms. The van der Waals surface area contributed by atoms with Gasteiger partial charge in [0.05, 0.1) is 24.9 Å². The van der Waals surface area contributed by atoms with Crippen molar-refractivity contribution in [2.24, 2.45) is 0 Å². The maximum absolute atomic E-state index is 15.0. The van der Waals surface area contributed by atoms with Crippen LogP contribution < -0.4 is 21.3 Å². The molecule has 35 heavy (non-hydrogen) atoms. The second-order valence-electron chi connectivity index (χ2n) is 9.40. The van der Waals surface area contributed by atoms with Gasteiger partial charge in [-0.2, -0.15) is 0 Å². The lowest BCUT2D eigenvalue weighted by atomic mass is 9.95. The second-order valence-corrected chi connectivity index (χ2v) is 9.40. The molecule has 2 fully saturated rings. The van der Waals surface area contributed by atoms with Gasteiger partial charge < -0.3 is 26.0 Å². The van der Waals surface area contributed by atoms with Crippen LogP contribution in [0.25, 0.3) is 0 Å². The Kier molecular flexibility index (Phi) is 9.93. The number of amides is 2. The summed E-state index contributed by atoms with van der Waals surface area (Å²) in [5.41, 5.74) is 1.15. The van der Waals surface area contributed by atoms with Crippen LogP contribution in [0.3, 0.4) is 0 Å². The number of ether oxygens (including phenoxy) is 1. The minimum atomic E-state index is -0.526. The molecule has 4 N–H and O–H groups in total. The summed E-state index contributed by atoms with van der Waals surface area (Å²) in [5, 5.41) is 12.0. The first-order valence-corrected chi connectivity index (χ1v) is 12.6. The van der Waals surface area contributed by atoms with E-state index in [0.29, 0.717) is 11.4 Å².